The van der Waals surface area contributed by atoms with Crippen LogP contribution in [-0.2, 0) is 10.0 Å². The third-order valence-electron chi connectivity index (χ3n) is 6.06. The molecule has 3 aliphatic rings. The fourth-order valence-corrected chi connectivity index (χ4v) is 6.33. The maximum Gasteiger partial charge on any atom is 0.270 e. The Morgan fingerprint density at radius 1 is 1.04 bits per heavy atom. The van der Waals surface area contributed by atoms with Crippen LogP contribution < -0.4 is 5.32 Å². The molecule has 0 spiro atoms. The number of rotatable bonds is 5. The summed E-state index contributed by atoms with van der Waals surface area (Å²) in [5.74, 6) is 0. The van der Waals surface area contributed by atoms with E-state index in [9.17, 15) is 18.5 Å². The number of hydrogen-bond acceptors (Lipinski definition) is 6. The molecule has 3 heterocycles. The Morgan fingerprint density at radius 2 is 1.78 bits per heavy atom. The molecule has 0 aromatic heterocycles. The fraction of sp³-hybridized carbons (Fsp3) is 0.667. The highest BCUT2D eigenvalue weighted by atomic mass is 32.2. The number of sulfonamides is 1. The van der Waals surface area contributed by atoms with Crippen molar-refractivity contribution in [2.75, 3.05) is 31.5 Å². The van der Waals surface area contributed by atoms with Crippen molar-refractivity contribution in [1.82, 2.24) is 9.21 Å². The van der Waals surface area contributed by atoms with Crippen LogP contribution in [0.2, 0.25) is 0 Å². The van der Waals surface area contributed by atoms with Crippen LogP contribution >= 0.6 is 0 Å². The van der Waals surface area contributed by atoms with E-state index in [1.165, 1.54) is 29.3 Å². The number of nitro groups is 1. The van der Waals surface area contributed by atoms with Crippen LogP contribution in [0.25, 0.3) is 0 Å². The van der Waals surface area contributed by atoms with E-state index in [0.717, 1.165) is 38.8 Å². The highest BCUT2D eigenvalue weighted by Crippen LogP contribution is 2.34. The fourth-order valence-electron chi connectivity index (χ4n) is 4.64. The maximum atomic E-state index is 13.1. The van der Waals surface area contributed by atoms with Crippen LogP contribution in [0.5, 0.6) is 0 Å². The second-order valence-corrected chi connectivity index (χ2v) is 9.59. The zero-order valence-electron chi connectivity index (χ0n) is 15.3. The molecule has 3 saturated heterocycles. The molecule has 4 rings (SSSR count). The maximum absolute atomic E-state index is 13.1. The lowest BCUT2D eigenvalue weighted by atomic mass is 9.99. The molecule has 0 bridgehead atoms. The van der Waals surface area contributed by atoms with Gasteiger partial charge in [0.2, 0.25) is 10.0 Å². The first-order valence-electron chi connectivity index (χ1n) is 9.76. The third-order valence-corrected chi connectivity index (χ3v) is 7.99. The molecule has 2 unspecified atom stereocenters. The number of piperidine rings is 1. The van der Waals surface area contributed by atoms with Gasteiger partial charge in [-0.05, 0) is 44.7 Å². The average molecular weight is 394 g/mol. The summed E-state index contributed by atoms with van der Waals surface area (Å²) in [6.45, 7) is 3.07. The number of anilines is 1. The average Bonchev–Trinajstić information content (AvgIpc) is 3.33. The molecule has 3 aliphatic heterocycles. The molecule has 2 atom stereocenters. The summed E-state index contributed by atoms with van der Waals surface area (Å²) in [6.07, 6.45) is 6.14. The van der Waals surface area contributed by atoms with Gasteiger partial charge in [-0.25, -0.2) is 8.42 Å². The summed E-state index contributed by atoms with van der Waals surface area (Å²) in [5, 5.41) is 14.6. The van der Waals surface area contributed by atoms with Crippen LogP contribution in [0.4, 0.5) is 11.4 Å². The Labute approximate surface area is 159 Å². The summed E-state index contributed by atoms with van der Waals surface area (Å²) >= 11 is 0. The number of non-ortho nitro benzene ring substituents is 1. The van der Waals surface area contributed by atoms with Crippen LogP contribution in [0.1, 0.15) is 38.5 Å². The number of benzene rings is 1. The van der Waals surface area contributed by atoms with E-state index < -0.39 is 14.9 Å². The van der Waals surface area contributed by atoms with Crippen molar-refractivity contribution in [3.05, 3.63) is 28.3 Å². The number of nitrogens with zero attached hydrogens (tertiary/aromatic N) is 3. The molecule has 1 N–H and O–H groups in total. The first-order chi connectivity index (χ1) is 13.0. The van der Waals surface area contributed by atoms with E-state index in [-0.39, 0.29) is 16.6 Å². The Kier molecular flexibility index (Phi) is 5.09. The second kappa shape index (κ2) is 7.37. The zero-order chi connectivity index (χ0) is 19.0. The summed E-state index contributed by atoms with van der Waals surface area (Å²) in [7, 11) is -3.74. The lowest BCUT2D eigenvalue weighted by Gasteiger charge is -2.33. The van der Waals surface area contributed by atoms with Crippen molar-refractivity contribution >= 4 is 21.4 Å². The largest absolute Gasteiger partial charge is 0.380 e. The zero-order valence-corrected chi connectivity index (χ0v) is 16.2. The minimum absolute atomic E-state index is 0.0351. The standard InChI is InChI=1S/C18H26N4O4S/c23-22(24)14-6-7-16(18(13-14)27(25,26)21-10-3-4-11-21)19-15-8-12-20-9-2-1-5-17(15)20/h6-7,13,15,17,19H,1-5,8-12H2. The number of hydrogen-bond donors (Lipinski definition) is 1. The van der Waals surface area contributed by atoms with E-state index in [2.05, 4.69) is 10.2 Å². The van der Waals surface area contributed by atoms with Gasteiger partial charge in [-0.15, -0.1) is 0 Å². The minimum Gasteiger partial charge on any atom is -0.380 e. The SMILES string of the molecule is O=[N+]([O-])c1ccc(NC2CCN3CCCCC23)c(S(=O)(=O)N2CCCC2)c1. The third kappa shape index (κ3) is 3.55. The molecule has 8 nitrogen and oxygen atoms in total. The molecule has 1 aromatic rings. The molecule has 0 aliphatic carbocycles. The summed E-state index contributed by atoms with van der Waals surface area (Å²) in [6, 6.07) is 4.75. The second-order valence-electron chi connectivity index (χ2n) is 7.69. The van der Waals surface area contributed by atoms with E-state index in [4.69, 9.17) is 0 Å². The lowest BCUT2D eigenvalue weighted by Crippen LogP contribution is -2.42. The van der Waals surface area contributed by atoms with Crippen molar-refractivity contribution in [3.8, 4) is 0 Å². The molecule has 3 fully saturated rings. The van der Waals surface area contributed by atoms with Gasteiger partial charge in [0.25, 0.3) is 5.69 Å². The van der Waals surface area contributed by atoms with Gasteiger partial charge in [0.05, 0.1) is 10.6 Å². The Bertz CT molecular complexity index is 823. The monoisotopic (exact) mass is 394 g/mol. The molecule has 1 aromatic carbocycles. The van der Waals surface area contributed by atoms with E-state index in [1.807, 2.05) is 0 Å². The van der Waals surface area contributed by atoms with Gasteiger partial charge in [0, 0.05) is 43.9 Å². The number of fused-ring (bicyclic) bond motifs is 1. The van der Waals surface area contributed by atoms with Crippen molar-refractivity contribution in [3.63, 3.8) is 0 Å². The summed E-state index contributed by atoms with van der Waals surface area (Å²) < 4.78 is 27.7. The number of nitrogens with one attached hydrogen (secondary N) is 1. The molecule has 0 radical (unpaired) electrons. The quantitative estimate of drug-likeness (QED) is 0.609. The van der Waals surface area contributed by atoms with Gasteiger partial charge in [-0.2, -0.15) is 4.31 Å². The molecule has 0 saturated carbocycles. The lowest BCUT2D eigenvalue weighted by molar-refractivity contribution is -0.385. The van der Waals surface area contributed by atoms with Crippen LogP contribution in [0.3, 0.4) is 0 Å². The van der Waals surface area contributed by atoms with Gasteiger partial charge in [-0.3, -0.25) is 15.0 Å². The van der Waals surface area contributed by atoms with E-state index in [1.54, 1.807) is 6.07 Å². The molecule has 148 valence electrons. The summed E-state index contributed by atoms with van der Waals surface area (Å²) in [5.41, 5.74) is 0.300. The molecule has 0 amide bonds. The highest BCUT2D eigenvalue weighted by Gasteiger charge is 2.37. The van der Waals surface area contributed by atoms with Gasteiger partial charge >= 0.3 is 0 Å². The number of nitro benzene ring substituents is 1. The van der Waals surface area contributed by atoms with Crippen molar-refractivity contribution in [2.24, 2.45) is 0 Å². The van der Waals surface area contributed by atoms with E-state index in [0.29, 0.717) is 24.8 Å². The van der Waals surface area contributed by atoms with Gasteiger partial charge in [0.1, 0.15) is 4.90 Å². The van der Waals surface area contributed by atoms with Crippen molar-refractivity contribution < 1.29 is 13.3 Å². The first kappa shape index (κ1) is 18.6. The van der Waals surface area contributed by atoms with Crippen LogP contribution in [0.15, 0.2) is 23.1 Å². The van der Waals surface area contributed by atoms with Gasteiger partial charge in [0.15, 0.2) is 0 Å². The van der Waals surface area contributed by atoms with Crippen LogP contribution in [-0.4, -0.2) is 60.8 Å². The smallest absolute Gasteiger partial charge is 0.270 e. The molecule has 9 heteroatoms. The Morgan fingerprint density at radius 3 is 2.52 bits per heavy atom. The Hall–Kier alpha value is -1.71. The van der Waals surface area contributed by atoms with Gasteiger partial charge < -0.3 is 5.32 Å². The summed E-state index contributed by atoms with van der Waals surface area (Å²) in [4.78, 5) is 13.2. The van der Waals surface area contributed by atoms with Crippen molar-refractivity contribution in [2.45, 2.75) is 55.5 Å². The molecular formula is C18H26N4O4S. The normalized spacial score (nSPS) is 26.8. The first-order valence-corrected chi connectivity index (χ1v) is 11.2. The predicted molar refractivity (Wildman–Crippen MR) is 102 cm³/mol. The van der Waals surface area contributed by atoms with Crippen LogP contribution in [0, 0.1) is 10.1 Å². The minimum atomic E-state index is -3.74. The highest BCUT2D eigenvalue weighted by molar-refractivity contribution is 7.89. The van der Waals surface area contributed by atoms with Crippen molar-refractivity contribution in [1.29, 1.82) is 0 Å². The Balaban J connectivity index is 1.66. The topological polar surface area (TPSA) is 95.8 Å². The van der Waals surface area contributed by atoms with Gasteiger partial charge in [-0.1, -0.05) is 6.42 Å². The molecule has 27 heavy (non-hydrogen) atoms. The molecular weight excluding hydrogens is 368 g/mol. The van der Waals surface area contributed by atoms with E-state index >= 15 is 0 Å². The predicted octanol–water partition coefficient (Wildman–Crippen LogP) is 2.42.